The number of hydrogen-bond acceptors (Lipinski definition) is 1. The summed E-state index contributed by atoms with van der Waals surface area (Å²) >= 11 is 1.78. The lowest BCUT2D eigenvalue weighted by Gasteiger charge is -2.44. The molecule has 328 valence electrons. The van der Waals surface area contributed by atoms with Gasteiger partial charge in [-0.1, -0.05) is 72.0 Å². The minimum Gasteiger partial charge on any atom is -0.207 e. The molecule has 0 saturated carbocycles. The van der Waals surface area contributed by atoms with E-state index in [9.17, 15) is 52.7 Å². The maximum atomic E-state index is 15.4. The van der Waals surface area contributed by atoms with Crippen molar-refractivity contribution in [3.8, 4) is 10.4 Å². The molecule has 0 spiro atoms. The Morgan fingerprint density at radius 1 is 0.333 bits per heavy atom. The summed E-state index contributed by atoms with van der Waals surface area (Å²) < 4.78 is 296. The second-order valence-electron chi connectivity index (χ2n) is 13.0. The quantitative estimate of drug-likeness (QED) is 0.0494. The molecule has 0 N–H and O–H groups in total. The molecule has 0 aliphatic rings. The Balaban J connectivity index is 0.000000302. The van der Waals surface area contributed by atoms with Gasteiger partial charge in [-0.3, -0.25) is 0 Å². The third-order valence-corrected chi connectivity index (χ3v) is 10.5. The van der Waals surface area contributed by atoms with E-state index in [0.29, 0.717) is 0 Å². The highest BCUT2D eigenvalue weighted by atomic mass is 32.1. The average Bonchev–Trinajstić information content (AvgIpc) is 3.75. The summed E-state index contributed by atoms with van der Waals surface area (Å²) in [4.78, 5) is 1.31. The summed E-state index contributed by atoms with van der Waals surface area (Å²) in [6.07, 6.45) is -5.00. The van der Waals surface area contributed by atoms with Gasteiger partial charge in [0.2, 0.25) is 5.51 Å². The molecule has 23 heteroatoms. The SMILES string of the molecule is Fc1c(F)c(F)c([B-](c2c(F)c(F)c(F)c(F)c2F)(c2c(F)c(F)c(F)c(F)c2F)c2c(F)c(F)c(F)c(F)c2F)c(F)c1F.c1ccc(C[n+]2csc(-c3ccccc3)c2)cc1. The molecule has 0 radical (unpaired) electrons. The normalized spacial score (nSPS) is 11.6. The number of aromatic nitrogens is 1. The predicted octanol–water partition coefficient (Wildman–Crippen LogP) is 9.60. The lowest BCUT2D eigenvalue weighted by Crippen LogP contribution is -2.81. The van der Waals surface area contributed by atoms with Crippen molar-refractivity contribution in [2.75, 3.05) is 0 Å². The van der Waals surface area contributed by atoms with E-state index in [4.69, 9.17) is 0 Å². The minimum absolute atomic E-state index is 0.935. The maximum absolute atomic E-state index is 15.4. The van der Waals surface area contributed by atoms with Crippen LogP contribution in [0.25, 0.3) is 10.4 Å². The van der Waals surface area contributed by atoms with Gasteiger partial charge < -0.3 is 0 Å². The molecule has 63 heavy (non-hydrogen) atoms. The molecule has 0 fully saturated rings. The van der Waals surface area contributed by atoms with Crippen LogP contribution in [0.1, 0.15) is 5.56 Å². The number of nitrogens with zero attached hydrogens (tertiary/aromatic N) is 1. The van der Waals surface area contributed by atoms with Crippen LogP contribution in [0.4, 0.5) is 87.8 Å². The monoisotopic (exact) mass is 931 g/mol. The fourth-order valence-corrected chi connectivity index (χ4v) is 7.69. The van der Waals surface area contributed by atoms with Gasteiger partial charge in [-0.15, -0.1) is 21.9 Å². The predicted molar refractivity (Wildman–Crippen MR) is 185 cm³/mol. The Morgan fingerprint density at radius 3 is 0.873 bits per heavy atom. The first-order valence-electron chi connectivity index (χ1n) is 16.9. The van der Waals surface area contributed by atoms with E-state index in [2.05, 4.69) is 76.9 Å². The Labute approximate surface area is 342 Å². The van der Waals surface area contributed by atoms with E-state index in [1.807, 2.05) is 0 Å². The highest BCUT2D eigenvalue weighted by Crippen LogP contribution is 2.31. The summed E-state index contributed by atoms with van der Waals surface area (Å²) in [6, 6.07) is 21.1. The number of halogens is 20. The van der Waals surface area contributed by atoms with Crippen molar-refractivity contribution < 1.29 is 92.4 Å². The van der Waals surface area contributed by atoms with E-state index in [1.165, 1.54) is 16.0 Å². The molecule has 0 amide bonds. The highest BCUT2D eigenvalue weighted by molar-refractivity contribution is 7.20. The first-order valence-corrected chi connectivity index (χ1v) is 17.8. The van der Waals surface area contributed by atoms with Crippen molar-refractivity contribution in [1.82, 2.24) is 0 Å². The molecule has 6 aromatic carbocycles. The van der Waals surface area contributed by atoms with E-state index in [1.54, 1.807) is 11.3 Å². The molecule has 1 aromatic heterocycles. The number of rotatable bonds is 7. The second-order valence-corrected chi connectivity index (χ2v) is 13.9. The van der Waals surface area contributed by atoms with Crippen molar-refractivity contribution in [2.24, 2.45) is 0 Å². The van der Waals surface area contributed by atoms with Crippen LogP contribution in [0.3, 0.4) is 0 Å². The van der Waals surface area contributed by atoms with E-state index < -0.39 is 144 Å². The Hall–Kier alpha value is -6.39. The molecule has 7 aromatic rings. The lowest BCUT2D eigenvalue weighted by molar-refractivity contribution is -0.683. The topological polar surface area (TPSA) is 3.88 Å². The summed E-state index contributed by atoms with van der Waals surface area (Å²) in [7, 11) is 0. The van der Waals surface area contributed by atoms with E-state index >= 15 is 35.1 Å². The molecule has 0 aliphatic heterocycles. The summed E-state index contributed by atoms with van der Waals surface area (Å²) in [6.45, 7) is 0.935. The van der Waals surface area contributed by atoms with Gasteiger partial charge in [-0.25, -0.2) is 87.8 Å². The molecule has 1 nitrogen and oxygen atoms in total. The standard InChI is InChI=1S/C24BF20.C16H14NS/c26-5-1(6(27)14(35)21(42)13(5)34)25(2-7(28)15(36)22(43)16(37)8(2)29,3-9(30)17(38)23(44)18(39)10(3)31)4-11(32)19(40)24(45)20(41)12(4)33;1-3-7-14(8-4-1)11-17-12-16(18-13-17)15-9-5-2-6-10-15/h;1-10,12-13H,11H2/q-1;+1. The van der Waals surface area contributed by atoms with E-state index in [0.717, 1.165) is 6.54 Å². The zero-order chi connectivity index (χ0) is 46.6. The maximum Gasteiger partial charge on any atom is 0.225 e. The van der Waals surface area contributed by atoms with Crippen LogP contribution in [-0.2, 0) is 6.54 Å². The number of benzene rings is 6. The van der Waals surface area contributed by atoms with Crippen molar-refractivity contribution >= 4 is 39.3 Å². The van der Waals surface area contributed by atoms with Gasteiger partial charge in [-0.05, 0) is 5.56 Å². The van der Waals surface area contributed by atoms with Gasteiger partial charge in [0.25, 0.3) is 0 Å². The molecule has 0 saturated heterocycles. The van der Waals surface area contributed by atoms with Gasteiger partial charge in [0.15, 0.2) is 82.5 Å². The first-order chi connectivity index (χ1) is 29.6. The molecule has 0 atom stereocenters. The molecule has 1 heterocycles. The molecular weight excluding hydrogens is 917 g/mol. The fraction of sp³-hybridized carbons (Fsp3) is 0.0250. The van der Waals surface area contributed by atoms with Gasteiger partial charge in [-0.2, -0.15) is 4.57 Å². The number of thiazole rings is 1. The van der Waals surface area contributed by atoms with Crippen molar-refractivity contribution in [1.29, 1.82) is 0 Å². The first kappa shape index (κ1) is 46.1. The summed E-state index contributed by atoms with van der Waals surface area (Å²) in [5.74, 6) is -71.4. The smallest absolute Gasteiger partial charge is 0.207 e. The van der Waals surface area contributed by atoms with Crippen LogP contribution < -0.4 is 26.4 Å². The molecule has 0 bridgehead atoms. The van der Waals surface area contributed by atoms with Gasteiger partial charge >= 0.3 is 0 Å². The van der Waals surface area contributed by atoms with Gasteiger partial charge in [0, 0.05) is 5.56 Å². The van der Waals surface area contributed by atoms with Gasteiger partial charge in [0.1, 0.15) is 57.6 Å². The zero-order valence-electron chi connectivity index (χ0n) is 30.1. The Kier molecular flexibility index (Phi) is 12.7. The lowest BCUT2D eigenvalue weighted by atomic mass is 9.12. The van der Waals surface area contributed by atoms with Crippen molar-refractivity contribution in [3.63, 3.8) is 0 Å². The van der Waals surface area contributed by atoms with Crippen molar-refractivity contribution in [3.05, 3.63) is 194 Å². The molecule has 7 rings (SSSR count). The highest BCUT2D eigenvalue weighted by Gasteiger charge is 2.52. The van der Waals surface area contributed by atoms with Crippen LogP contribution in [0, 0.1) is 116 Å². The van der Waals surface area contributed by atoms with Crippen LogP contribution >= 0.6 is 11.3 Å². The molecule has 0 aliphatic carbocycles. The zero-order valence-corrected chi connectivity index (χ0v) is 30.9. The summed E-state index contributed by atoms with van der Waals surface area (Å²) in [5.41, 5.74) is -9.53. The largest absolute Gasteiger partial charge is 0.225 e. The molecule has 0 unspecified atom stereocenters. The third kappa shape index (κ3) is 7.44. The van der Waals surface area contributed by atoms with Crippen LogP contribution in [0.15, 0.2) is 72.4 Å². The Morgan fingerprint density at radius 2 is 0.587 bits per heavy atom. The second kappa shape index (κ2) is 17.4. The third-order valence-electron chi connectivity index (χ3n) is 9.57. The van der Waals surface area contributed by atoms with Crippen LogP contribution in [-0.4, -0.2) is 6.15 Å². The average molecular weight is 931 g/mol. The van der Waals surface area contributed by atoms with E-state index in [-0.39, 0.29) is 0 Å². The summed E-state index contributed by atoms with van der Waals surface area (Å²) in [5, 5.41) is 0. The van der Waals surface area contributed by atoms with Crippen LogP contribution in [0.5, 0.6) is 0 Å². The minimum atomic E-state index is -7.22. The Bertz CT molecular complexity index is 2540. The number of hydrogen-bond donors (Lipinski definition) is 0. The molecular formula is C40H14BF20NS. The van der Waals surface area contributed by atoms with Gasteiger partial charge in [0.05, 0.1) is 0 Å². The van der Waals surface area contributed by atoms with Crippen molar-refractivity contribution in [2.45, 2.75) is 6.54 Å². The van der Waals surface area contributed by atoms with Crippen LogP contribution in [0.2, 0.25) is 0 Å². The fourth-order valence-electron chi connectivity index (χ4n) is 6.83.